The van der Waals surface area contributed by atoms with Gasteiger partial charge in [0.2, 0.25) is 0 Å². The van der Waals surface area contributed by atoms with Gasteiger partial charge < -0.3 is 14.4 Å². The van der Waals surface area contributed by atoms with Crippen LogP contribution in [0, 0.1) is 0 Å². The average molecular weight is 415 g/mol. The Balaban J connectivity index is 1.44. The molecule has 1 aliphatic rings. The molecule has 9 heteroatoms. The van der Waals surface area contributed by atoms with Gasteiger partial charge in [0.05, 0.1) is 5.56 Å². The zero-order valence-electron chi connectivity index (χ0n) is 15.5. The van der Waals surface area contributed by atoms with Crippen molar-refractivity contribution in [2.24, 2.45) is 0 Å². The number of alkyl halides is 2. The molecular formula is C20H19F2N5OS. The van der Waals surface area contributed by atoms with Gasteiger partial charge in [0.1, 0.15) is 18.0 Å². The van der Waals surface area contributed by atoms with Crippen molar-refractivity contribution in [3.8, 4) is 5.82 Å². The first-order valence-electron chi connectivity index (χ1n) is 9.15. The van der Waals surface area contributed by atoms with Crippen LogP contribution in [0.2, 0.25) is 0 Å². The maximum absolute atomic E-state index is 12.9. The number of rotatable bonds is 5. The van der Waals surface area contributed by atoms with Gasteiger partial charge in [-0.05, 0) is 24.3 Å². The minimum Gasteiger partial charge on any atom is -0.353 e. The molecule has 1 saturated heterocycles. The van der Waals surface area contributed by atoms with Crippen LogP contribution < -0.4 is 4.90 Å². The van der Waals surface area contributed by atoms with Crippen molar-refractivity contribution in [2.75, 3.05) is 31.1 Å². The number of hydrogen-bond acceptors (Lipinski definition) is 5. The summed E-state index contributed by atoms with van der Waals surface area (Å²) in [6.07, 6.45) is 5.36. The number of amides is 1. The van der Waals surface area contributed by atoms with Gasteiger partial charge in [-0.2, -0.15) is 8.78 Å². The molecule has 0 unspecified atom stereocenters. The Morgan fingerprint density at radius 1 is 0.966 bits per heavy atom. The number of hydrogen-bond donors (Lipinski definition) is 0. The standard InChI is InChI=1S/C20H19F2N5OS/c21-20(22)29-16-6-2-1-5-15(16)19(28)27-11-9-26(10-12-27)18-13-17(23-14-24-18)25-7-3-4-8-25/h1-8,13-14,20H,9-12H2. The maximum atomic E-state index is 12.9. The first-order valence-corrected chi connectivity index (χ1v) is 10.0. The van der Waals surface area contributed by atoms with Crippen LogP contribution in [-0.2, 0) is 0 Å². The molecule has 150 valence electrons. The fourth-order valence-electron chi connectivity index (χ4n) is 3.29. The van der Waals surface area contributed by atoms with E-state index in [0.29, 0.717) is 48.4 Å². The lowest BCUT2D eigenvalue weighted by Gasteiger charge is -2.35. The molecular weight excluding hydrogens is 396 g/mol. The molecule has 0 spiro atoms. The van der Waals surface area contributed by atoms with Gasteiger partial charge in [0, 0.05) is 49.5 Å². The SMILES string of the molecule is O=C(c1ccccc1SC(F)F)N1CCN(c2cc(-n3cccc3)ncn2)CC1. The Hall–Kier alpha value is -2.94. The molecule has 29 heavy (non-hydrogen) atoms. The Labute approximate surface area is 171 Å². The number of anilines is 1. The molecule has 4 rings (SSSR count). The van der Waals surface area contributed by atoms with Crippen molar-refractivity contribution >= 4 is 23.5 Å². The van der Waals surface area contributed by atoms with Gasteiger partial charge in [0.25, 0.3) is 11.7 Å². The third kappa shape index (κ3) is 4.40. The normalized spacial score (nSPS) is 14.4. The summed E-state index contributed by atoms with van der Waals surface area (Å²) in [5, 5.41) is 0. The Morgan fingerprint density at radius 3 is 2.38 bits per heavy atom. The van der Waals surface area contributed by atoms with Crippen molar-refractivity contribution < 1.29 is 13.6 Å². The van der Waals surface area contributed by atoms with Crippen molar-refractivity contribution in [3.05, 3.63) is 66.7 Å². The number of benzene rings is 1. The molecule has 0 radical (unpaired) electrons. The van der Waals surface area contributed by atoms with E-state index in [4.69, 9.17) is 0 Å². The summed E-state index contributed by atoms with van der Waals surface area (Å²) >= 11 is 0.405. The molecule has 0 saturated carbocycles. The third-order valence-electron chi connectivity index (χ3n) is 4.73. The van der Waals surface area contributed by atoms with Crippen molar-refractivity contribution in [1.82, 2.24) is 19.4 Å². The number of carbonyl (C=O) groups is 1. The number of thioether (sulfide) groups is 1. The summed E-state index contributed by atoms with van der Waals surface area (Å²) in [4.78, 5) is 25.6. The topological polar surface area (TPSA) is 54.3 Å². The quantitative estimate of drug-likeness (QED) is 0.597. The number of carbonyl (C=O) groups excluding carboxylic acids is 1. The van der Waals surface area contributed by atoms with Gasteiger partial charge in [-0.3, -0.25) is 4.79 Å². The smallest absolute Gasteiger partial charge is 0.288 e. The van der Waals surface area contributed by atoms with E-state index in [0.717, 1.165) is 11.6 Å². The molecule has 3 heterocycles. The number of piperazine rings is 1. The minimum absolute atomic E-state index is 0.218. The van der Waals surface area contributed by atoms with Crippen LogP contribution >= 0.6 is 11.8 Å². The first-order chi connectivity index (χ1) is 14.1. The molecule has 0 bridgehead atoms. The van der Waals surface area contributed by atoms with Crippen LogP contribution in [0.5, 0.6) is 0 Å². The third-order valence-corrected chi connectivity index (χ3v) is 5.52. The fourth-order valence-corrected chi connectivity index (χ4v) is 3.92. The molecule has 3 aromatic rings. The Morgan fingerprint density at radius 2 is 1.66 bits per heavy atom. The van der Waals surface area contributed by atoms with E-state index in [9.17, 15) is 13.6 Å². The van der Waals surface area contributed by atoms with Crippen LogP contribution in [0.1, 0.15) is 10.4 Å². The van der Waals surface area contributed by atoms with Gasteiger partial charge in [-0.15, -0.1) is 0 Å². The van der Waals surface area contributed by atoms with Crippen LogP contribution in [0.25, 0.3) is 5.82 Å². The zero-order valence-corrected chi connectivity index (χ0v) is 16.3. The molecule has 1 aliphatic heterocycles. The second-order valence-electron chi connectivity index (χ2n) is 6.48. The Kier molecular flexibility index (Phi) is 5.75. The molecule has 1 aromatic carbocycles. The molecule has 0 N–H and O–H groups in total. The summed E-state index contributed by atoms with van der Waals surface area (Å²) in [7, 11) is 0. The van der Waals surface area contributed by atoms with E-state index in [1.807, 2.05) is 35.2 Å². The Bertz CT molecular complexity index is 975. The summed E-state index contributed by atoms with van der Waals surface area (Å²) in [5.41, 5.74) is 0.322. The van der Waals surface area contributed by atoms with E-state index in [1.54, 1.807) is 29.2 Å². The first kappa shape index (κ1) is 19.4. The van der Waals surface area contributed by atoms with Gasteiger partial charge >= 0.3 is 0 Å². The molecule has 0 aliphatic carbocycles. The molecule has 1 fully saturated rings. The highest BCUT2D eigenvalue weighted by molar-refractivity contribution is 7.99. The zero-order chi connectivity index (χ0) is 20.2. The van der Waals surface area contributed by atoms with Gasteiger partial charge in [0.15, 0.2) is 0 Å². The highest BCUT2D eigenvalue weighted by Crippen LogP contribution is 2.29. The van der Waals surface area contributed by atoms with Crippen molar-refractivity contribution in [2.45, 2.75) is 10.7 Å². The lowest BCUT2D eigenvalue weighted by molar-refractivity contribution is 0.0743. The van der Waals surface area contributed by atoms with Crippen LogP contribution in [0.15, 0.2) is 66.1 Å². The summed E-state index contributed by atoms with van der Waals surface area (Å²) in [6, 6.07) is 12.3. The lowest BCUT2D eigenvalue weighted by atomic mass is 10.2. The largest absolute Gasteiger partial charge is 0.353 e. The number of halogens is 2. The molecule has 6 nitrogen and oxygen atoms in total. The molecule has 1 amide bonds. The van der Waals surface area contributed by atoms with Crippen LogP contribution in [0.4, 0.5) is 14.6 Å². The van der Waals surface area contributed by atoms with Crippen molar-refractivity contribution in [3.63, 3.8) is 0 Å². The predicted octanol–water partition coefficient (Wildman–Crippen LogP) is 3.54. The second kappa shape index (κ2) is 8.60. The van der Waals surface area contributed by atoms with Crippen LogP contribution in [-0.4, -0.2) is 57.3 Å². The number of aromatic nitrogens is 3. The maximum Gasteiger partial charge on any atom is 0.288 e. The summed E-state index contributed by atoms with van der Waals surface area (Å²) in [5.74, 6) is -1.21. The molecule has 2 aromatic heterocycles. The van der Waals surface area contributed by atoms with Crippen LogP contribution in [0.3, 0.4) is 0 Å². The number of nitrogens with zero attached hydrogens (tertiary/aromatic N) is 5. The monoisotopic (exact) mass is 415 g/mol. The average Bonchev–Trinajstić information content (AvgIpc) is 3.29. The van der Waals surface area contributed by atoms with Gasteiger partial charge in [-0.1, -0.05) is 23.9 Å². The minimum atomic E-state index is -2.56. The molecule has 0 atom stereocenters. The van der Waals surface area contributed by atoms with Crippen molar-refractivity contribution in [1.29, 1.82) is 0 Å². The highest BCUT2D eigenvalue weighted by atomic mass is 32.2. The summed E-state index contributed by atoms with van der Waals surface area (Å²) < 4.78 is 27.5. The highest BCUT2D eigenvalue weighted by Gasteiger charge is 2.25. The summed E-state index contributed by atoms with van der Waals surface area (Å²) in [6.45, 7) is 2.21. The van der Waals surface area contributed by atoms with E-state index in [2.05, 4.69) is 14.9 Å². The van der Waals surface area contributed by atoms with E-state index < -0.39 is 5.76 Å². The lowest BCUT2D eigenvalue weighted by Crippen LogP contribution is -2.49. The van der Waals surface area contributed by atoms with E-state index >= 15 is 0 Å². The van der Waals surface area contributed by atoms with E-state index in [1.165, 1.54) is 6.33 Å². The fraction of sp³-hybridized carbons (Fsp3) is 0.250. The van der Waals surface area contributed by atoms with E-state index in [-0.39, 0.29) is 5.91 Å². The van der Waals surface area contributed by atoms with Gasteiger partial charge in [-0.25, -0.2) is 9.97 Å². The second-order valence-corrected chi connectivity index (χ2v) is 7.51. The predicted molar refractivity (Wildman–Crippen MR) is 108 cm³/mol.